The van der Waals surface area contributed by atoms with Crippen LogP contribution in [-0.4, -0.2) is 20.0 Å². The summed E-state index contributed by atoms with van der Waals surface area (Å²) in [6.45, 7) is 9.86. The van der Waals surface area contributed by atoms with E-state index in [1.54, 1.807) is 0 Å². The van der Waals surface area contributed by atoms with Gasteiger partial charge in [-0.25, -0.2) is 0 Å². The van der Waals surface area contributed by atoms with Gasteiger partial charge in [0.15, 0.2) is 5.76 Å². The summed E-state index contributed by atoms with van der Waals surface area (Å²) in [6.07, 6.45) is 2.62. The molecule has 0 radical (unpaired) electrons. The van der Waals surface area contributed by atoms with E-state index in [4.69, 9.17) is 9.47 Å². The van der Waals surface area contributed by atoms with Crippen LogP contribution in [0.15, 0.2) is 46.5 Å². The summed E-state index contributed by atoms with van der Waals surface area (Å²) in [6, 6.07) is 0. The quantitative estimate of drug-likeness (QED) is 0.716. The minimum atomic E-state index is -0.114. The van der Waals surface area contributed by atoms with Crippen LogP contribution in [0.1, 0.15) is 27.2 Å². The van der Waals surface area contributed by atoms with Gasteiger partial charge in [0.2, 0.25) is 11.5 Å². The zero-order valence-electron chi connectivity index (χ0n) is 11.7. The van der Waals surface area contributed by atoms with Gasteiger partial charge in [0, 0.05) is 11.1 Å². The lowest BCUT2D eigenvalue weighted by atomic mass is 9.88. The first-order valence-corrected chi connectivity index (χ1v) is 5.83. The number of allylic oxidation sites excluding steroid dienone is 4. The molecule has 0 saturated heterocycles. The molecule has 0 aromatic carbocycles. The maximum absolute atomic E-state index is 12.3. The van der Waals surface area contributed by atoms with Gasteiger partial charge in [0.1, 0.15) is 0 Å². The third kappa shape index (κ3) is 2.55. The van der Waals surface area contributed by atoms with E-state index in [9.17, 15) is 4.79 Å². The van der Waals surface area contributed by atoms with Gasteiger partial charge in [-0.15, -0.1) is 0 Å². The van der Waals surface area contributed by atoms with E-state index in [1.807, 2.05) is 26.8 Å². The Balaban J connectivity index is 3.22. The average Bonchev–Trinajstić information content (AvgIpc) is 2.32. The van der Waals surface area contributed by atoms with Crippen molar-refractivity contribution in [3.05, 3.63) is 46.5 Å². The van der Waals surface area contributed by atoms with Gasteiger partial charge in [-0.3, -0.25) is 4.79 Å². The molecule has 3 heteroatoms. The van der Waals surface area contributed by atoms with Gasteiger partial charge >= 0.3 is 0 Å². The molecule has 0 aliphatic heterocycles. The van der Waals surface area contributed by atoms with Crippen molar-refractivity contribution in [3.63, 3.8) is 0 Å². The predicted octanol–water partition coefficient (Wildman–Crippen LogP) is 3.30. The first kappa shape index (κ1) is 14.3. The molecule has 0 spiro atoms. The minimum Gasteiger partial charge on any atom is -0.492 e. The van der Waals surface area contributed by atoms with Crippen molar-refractivity contribution in [3.8, 4) is 0 Å². The Morgan fingerprint density at radius 3 is 2.22 bits per heavy atom. The normalized spacial score (nSPS) is 16.1. The number of hydrogen-bond acceptors (Lipinski definition) is 3. The molecular weight excluding hydrogens is 228 g/mol. The van der Waals surface area contributed by atoms with Crippen molar-refractivity contribution in [1.82, 2.24) is 0 Å². The van der Waals surface area contributed by atoms with E-state index >= 15 is 0 Å². The standard InChI is InChI=1S/C15H20O3/c1-9(2)7-8-12-10(3)11(4)14(17-5)15(18-6)13(12)16/h7H,4,8H2,1-3,5-6H3. The fourth-order valence-electron chi connectivity index (χ4n) is 1.85. The largest absolute Gasteiger partial charge is 0.492 e. The Morgan fingerprint density at radius 1 is 1.22 bits per heavy atom. The number of ether oxygens (including phenoxy) is 2. The van der Waals surface area contributed by atoms with Crippen LogP contribution in [0.3, 0.4) is 0 Å². The van der Waals surface area contributed by atoms with Crippen LogP contribution in [0.2, 0.25) is 0 Å². The van der Waals surface area contributed by atoms with Crippen LogP contribution in [0, 0.1) is 0 Å². The molecule has 3 nitrogen and oxygen atoms in total. The fraction of sp³-hybridized carbons (Fsp3) is 0.400. The summed E-state index contributed by atoms with van der Waals surface area (Å²) in [4.78, 5) is 12.3. The van der Waals surface area contributed by atoms with Gasteiger partial charge in [-0.2, -0.15) is 0 Å². The molecule has 1 aliphatic rings. The number of carbonyl (C=O) groups excluding carboxylic acids is 1. The highest BCUT2D eigenvalue weighted by Gasteiger charge is 2.30. The highest BCUT2D eigenvalue weighted by molar-refractivity contribution is 6.10. The zero-order valence-corrected chi connectivity index (χ0v) is 11.7. The zero-order chi connectivity index (χ0) is 13.9. The SMILES string of the molecule is C=C1C(C)=C(CC=C(C)C)C(=O)C(OC)=C1OC. The maximum Gasteiger partial charge on any atom is 0.228 e. The van der Waals surface area contributed by atoms with Crippen LogP contribution >= 0.6 is 0 Å². The fourth-order valence-corrected chi connectivity index (χ4v) is 1.85. The molecule has 0 saturated carbocycles. The first-order chi connectivity index (χ1) is 8.43. The summed E-state index contributed by atoms with van der Waals surface area (Å²) < 4.78 is 10.4. The lowest BCUT2D eigenvalue weighted by Gasteiger charge is -2.22. The molecule has 0 fully saturated rings. The molecule has 0 bridgehead atoms. The Morgan fingerprint density at radius 2 is 1.78 bits per heavy atom. The molecule has 1 aliphatic carbocycles. The number of methoxy groups -OCH3 is 2. The highest BCUT2D eigenvalue weighted by atomic mass is 16.5. The second kappa shape index (κ2) is 5.71. The minimum absolute atomic E-state index is 0.114. The van der Waals surface area contributed by atoms with Crippen LogP contribution in [-0.2, 0) is 14.3 Å². The molecule has 0 unspecified atom stereocenters. The summed E-state index contributed by atoms with van der Waals surface area (Å²) in [5.41, 5.74) is 3.48. The van der Waals surface area contributed by atoms with Crippen LogP contribution in [0.5, 0.6) is 0 Å². The van der Waals surface area contributed by atoms with E-state index < -0.39 is 0 Å². The summed E-state index contributed by atoms with van der Waals surface area (Å²) >= 11 is 0. The van der Waals surface area contributed by atoms with Crippen molar-refractivity contribution < 1.29 is 14.3 Å². The second-order valence-corrected chi connectivity index (χ2v) is 4.46. The van der Waals surface area contributed by atoms with Gasteiger partial charge in [0.25, 0.3) is 0 Å². The van der Waals surface area contributed by atoms with Crippen molar-refractivity contribution in [2.24, 2.45) is 0 Å². The van der Waals surface area contributed by atoms with E-state index in [2.05, 4.69) is 6.58 Å². The monoisotopic (exact) mass is 248 g/mol. The van der Waals surface area contributed by atoms with Crippen LogP contribution in [0.25, 0.3) is 0 Å². The van der Waals surface area contributed by atoms with Crippen molar-refractivity contribution in [1.29, 1.82) is 0 Å². The molecule has 0 N–H and O–H groups in total. The number of carbonyl (C=O) groups is 1. The number of Topliss-reactive ketones (excluding diaryl/α,β-unsaturated/α-hetero) is 1. The maximum atomic E-state index is 12.3. The first-order valence-electron chi connectivity index (χ1n) is 5.83. The lowest BCUT2D eigenvalue weighted by Crippen LogP contribution is -2.19. The van der Waals surface area contributed by atoms with E-state index in [0.717, 1.165) is 11.1 Å². The van der Waals surface area contributed by atoms with Crippen molar-refractivity contribution in [2.75, 3.05) is 14.2 Å². The molecule has 0 aromatic rings. The third-order valence-electron chi connectivity index (χ3n) is 2.99. The highest BCUT2D eigenvalue weighted by Crippen LogP contribution is 2.33. The molecule has 0 amide bonds. The van der Waals surface area contributed by atoms with E-state index in [1.165, 1.54) is 19.8 Å². The molecule has 0 aromatic heterocycles. The number of hydrogen-bond donors (Lipinski definition) is 0. The molecule has 1 rings (SSSR count). The lowest BCUT2D eigenvalue weighted by molar-refractivity contribution is -0.115. The van der Waals surface area contributed by atoms with E-state index in [-0.39, 0.29) is 11.5 Å². The average molecular weight is 248 g/mol. The number of ketones is 1. The Kier molecular flexibility index (Phi) is 4.54. The summed E-state index contributed by atoms with van der Waals surface area (Å²) in [5.74, 6) is 0.558. The molecule has 18 heavy (non-hydrogen) atoms. The second-order valence-electron chi connectivity index (χ2n) is 4.46. The molecule has 98 valence electrons. The molecule has 0 atom stereocenters. The van der Waals surface area contributed by atoms with Crippen LogP contribution in [0.4, 0.5) is 0 Å². The summed E-state index contributed by atoms with van der Waals surface area (Å²) in [7, 11) is 2.99. The van der Waals surface area contributed by atoms with Gasteiger partial charge in [0.05, 0.1) is 14.2 Å². The Bertz CT molecular complexity index is 472. The van der Waals surface area contributed by atoms with Crippen molar-refractivity contribution >= 4 is 5.78 Å². The van der Waals surface area contributed by atoms with E-state index in [0.29, 0.717) is 17.8 Å². The van der Waals surface area contributed by atoms with Gasteiger partial charge in [-0.1, -0.05) is 18.2 Å². The Hall–Kier alpha value is -1.77. The van der Waals surface area contributed by atoms with Crippen LogP contribution < -0.4 is 0 Å². The van der Waals surface area contributed by atoms with Crippen molar-refractivity contribution in [2.45, 2.75) is 27.2 Å². The molecular formula is C15H20O3. The summed E-state index contributed by atoms with van der Waals surface area (Å²) in [5, 5.41) is 0. The topological polar surface area (TPSA) is 35.5 Å². The third-order valence-corrected chi connectivity index (χ3v) is 2.99. The van der Waals surface area contributed by atoms with Gasteiger partial charge in [-0.05, 0) is 32.8 Å². The smallest absolute Gasteiger partial charge is 0.228 e. The van der Waals surface area contributed by atoms with Gasteiger partial charge < -0.3 is 9.47 Å². The predicted molar refractivity (Wildman–Crippen MR) is 71.9 cm³/mol. The Labute approximate surface area is 108 Å². The molecule has 0 heterocycles. The number of rotatable bonds is 4.